The molecule has 8 unspecified atom stereocenters. The molecule has 0 bridgehead atoms. The second-order valence-corrected chi connectivity index (χ2v) is 17.8. The van der Waals surface area contributed by atoms with Gasteiger partial charge in [-0.1, -0.05) is 117 Å². The van der Waals surface area contributed by atoms with Crippen molar-refractivity contribution in [1.29, 1.82) is 0 Å². The average molecular weight is 674 g/mol. The second kappa shape index (κ2) is 21.8. The summed E-state index contributed by atoms with van der Waals surface area (Å²) < 4.78 is 11.9. The van der Waals surface area contributed by atoms with E-state index in [1.165, 1.54) is 128 Å². The van der Waals surface area contributed by atoms with Gasteiger partial charge in [0.1, 0.15) is 0 Å². The number of allylic oxidation sites excluding steroid dienone is 1. The van der Waals surface area contributed by atoms with Crippen molar-refractivity contribution < 1.29 is 14.6 Å². The monoisotopic (exact) mass is 674 g/mol. The molecule has 0 radical (unpaired) electrons. The standard InChI is InChI=1S/C34H60O.C10H23NO2/c1-6-7-8-9-10-13-24-35-29-20-22-34(5)28(25-29)16-18-30-31-19-17-27(15-12-11-14-26(2)3)33(31,4)23-21-32(30)34;1-4-5-6-7-13-9-10(8-12)11(2)3/h16,26-27,29-32H,6-15,17-25H2,1-5H3;10,12H,4-9H2,1-3H3. The summed E-state index contributed by atoms with van der Waals surface area (Å²) in [6.45, 7) is 17.2. The van der Waals surface area contributed by atoms with Crippen LogP contribution < -0.4 is 0 Å². The van der Waals surface area contributed by atoms with Crippen LogP contribution in [-0.4, -0.2) is 62.7 Å². The van der Waals surface area contributed by atoms with Crippen LogP contribution >= 0.6 is 0 Å². The molecular weight excluding hydrogens is 590 g/mol. The van der Waals surface area contributed by atoms with Crippen LogP contribution in [0.25, 0.3) is 0 Å². The van der Waals surface area contributed by atoms with Crippen LogP contribution in [0.1, 0.15) is 176 Å². The largest absolute Gasteiger partial charge is 0.395 e. The highest BCUT2D eigenvalue weighted by Gasteiger charge is 2.58. The van der Waals surface area contributed by atoms with Crippen LogP contribution in [0, 0.1) is 40.4 Å². The molecule has 4 aliphatic rings. The maximum absolute atomic E-state index is 8.98. The molecule has 0 heterocycles. The SMILES string of the molecule is CCCCCCCCOC1CCC2(C)C(=CCC3C2CCC2(C)C(CCCCC(C)C)CCC32)C1.CCCCCOCC(CO)N(C)C. The third-order valence-corrected chi connectivity index (χ3v) is 13.8. The predicted molar refractivity (Wildman–Crippen MR) is 207 cm³/mol. The molecular formula is C44H83NO3. The van der Waals surface area contributed by atoms with Gasteiger partial charge in [0.25, 0.3) is 0 Å². The number of unbranched alkanes of at least 4 members (excludes halogenated alkanes) is 8. The summed E-state index contributed by atoms with van der Waals surface area (Å²) in [4.78, 5) is 1.99. The molecule has 0 aliphatic heterocycles. The third kappa shape index (κ3) is 12.1. The van der Waals surface area contributed by atoms with E-state index in [0.29, 0.717) is 23.5 Å². The fraction of sp³-hybridized carbons (Fsp3) is 0.955. The van der Waals surface area contributed by atoms with Crippen molar-refractivity contribution in [3.05, 3.63) is 11.6 Å². The van der Waals surface area contributed by atoms with Gasteiger partial charge in [-0.15, -0.1) is 0 Å². The molecule has 3 saturated carbocycles. The number of nitrogens with zero attached hydrogens (tertiary/aromatic N) is 1. The van der Waals surface area contributed by atoms with E-state index in [0.717, 1.165) is 49.2 Å². The zero-order chi connectivity index (χ0) is 35.0. The zero-order valence-corrected chi connectivity index (χ0v) is 33.5. The number of aliphatic hydroxyl groups excluding tert-OH is 1. The first-order valence-corrected chi connectivity index (χ1v) is 21.3. The van der Waals surface area contributed by atoms with Gasteiger partial charge in [0.15, 0.2) is 0 Å². The Morgan fingerprint density at radius 1 is 0.833 bits per heavy atom. The van der Waals surface area contributed by atoms with Crippen molar-refractivity contribution in [2.24, 2.45) is 40.4 Å². The third-order valence-electron chi connectivity index (χ3n) is 13.8. The molecule has 4 nitrogen and oxygen atoms in total. The second-order valence-electron chi connectivity index (χ2n) is 17.8. The normalized spacial score (nSPS) is 31.9. The quantitative estimate of drug-likeness (QED) is 0.0972. The molecule has 8 atom stereocenters. The van der Waals surface area contributed by atoms with Crippen molar-refractivity contribution in [3.63, 3.8) is 0 Å². The summed E-state index contributed by atoms with van der Waals surface area (Å²) in [5.41, 5.74) is 2.90. The van der Waals surface area contributed by atoms with Crippen LogP contribution in [0.3, 0.4) is 0 Å². The number of hydrogen-bond acceptors (Lipinski definition) is 4. The van der Waals surface area contributed by atoms with E-state index in [2.05, 4.69) is 47.6 Å². The molecule has 48 heavy (non-hydrogen) atoms. The molecule has 1 N–H and O–H groups in total. The lowest BCUT2D eigenvalue weighted by Crippen LogP contribution is -2.50. The summed E-state index contributed by atoms with van der Waals surface area (Å²) in [6, 6.07) is 0.140. The highest BCUT2D eigenvalue weighted by molar-refractivity contribution is 5.25. The highest BCUT2D eigenvalue weighted by atomic mass is 16.5. The number of aliphatic hydroxyl groups is 1. The summed E-state index contributed by atoms with van der Waals surface area (Å²) in [7, 11) is 3.91. The zero-order valence-electron chi connectivity index (χ0n) is 33.5. The fourth-order valence-corrected chi connectivity index (χ4v) is 10.5. The van der Waals surface area contributed by atoms with Crippen LogP contribution in [0.4, 0.5) is 0 Å². The number of fused-ring (bicyclic) bond motifs is 5. The van der Waals surface area contributed by atoms with E-state index in [-0.39, 0.29) is 12.6 Å². The Labute approximate surface area is 300 Å². The molecule has 0 spiro atoms. The first kappa shape index (κ1) is 42.0. The van der Waals surface area contributed by atoms with Gasteiger partial charge in [-0.05, 0) is 125 Å². The predicted octanol–water partition coefficient (Wildman–Crippen LogP) is 11.6. The lowest BCUT2D eigenvalue weighted by atomic mass is 9.47. The maximum atomic E-state index is 8.98. The maximum Gasteiger partial charge on any atom is 0.0644 e. The molecule has 4 aliphatic carbocycles. The molecule has 4 rings (SSSR count). The van der Waals surface area contributed by atoms with Crippen LogP contribution in [-0.2, 0) is 9.47 Å². The molecule has 0 aromatic carbocycles. The van der Waals surface area contributed by atoms with Crippen molar-refractivity contribution in [2.75, 3.05) is 40.5 Å². The van der Waals surface area contributed by atoms with Gasteiger partial charge in [0.2, 0.25) is 0 Å². The van der Waals surface area contributed by atoms with E-state index >= 15 is 0 Å². The molecule has 0 aromatic heterocycles. The van der Waals surface area contributed by atoms with Crippen LogP contribution in [0.2, 0.25) is 0 Å². The number of likely N-dealkylation sites (N-methyl/N-ethyl adjacent to an activating group) is 1. The first-order valence-electron chi connectivity index (χ1n) is 21.3. The van der Waals surface area contributed by atoms with Crippen LogP contribution in [0.15, 0.2) is 11.6 Å². The Morgan fingerprint density at radius 2 is 1.54 bits per heavy atom. The summed E-state index contributed by atoms with van der Waals surface area (Å²) in [5.74, 6) is 4.78. The number of hydrogen-bond donors (Lipinski definition) is 1. The van der Waals surface area contributed by atoms with E-state index < -0.39 is 0 Å². The number of rotatable bonds is 21. The van der Waals surface area contributed by atoms with Gasteiger partial charge in [0.05, 0.1) is 25.4 Å². The molecule has 3 fully saturated rings. The summed E-state index contributed by atoms with van der Waals surface area (Å²) >= 11 is 0. The van der Waals surface area contributed by atoms with Gasteiger partial charge < -0.3 is 19.5 Å². The minimum Gasteiger partial charge on any atom is -0.395 e. The summed E-state index contributed by atoms with van der Waals surface area (Å²) in [5, 5.41) is 8.98. The van der Waals surface area contributed by atoms with Crippen LogP contribution in [0.5, 0.6) is 0 Å². The van der Waals surface area contributed by atoms with Gasteiger partial charge in [-0.2, -0.15) is 0 Å². The fourth-order valence-electron chi connectivity index (χ4n) is 10.5. The Balaban J connectivity index is 0.000000408. The highest BCUT2D eigenvalue weighted by Crippen LogP contribution is 2.66. The van der Waals surface area contributed by atoms with E-state index in [1.807, 2.05) is 19.0 Å². The Hall–Kier alpha value is -0.420. The lowest BCUT2D eigenvalue weighted by molar-refractivity contribution is -0.0589. The van der Waals surface area contributed by atoms with Crippen molar-refractivity contribution in [1.82, 2.24) is 4.90 Å². The topological polar surface area (TPSA) is 41.9 Å². The Morgan fingerprint density at radius 3 is 2.25 bits per heavy atom. The average Bonchev–Trinajstić information content (AvgIpc) is 3.40. The Kier molecular flexibility index (Phi) is 19.1. The van der Waals surface area contributed by atoms with Crippen molar-refractivity contribution >= 4 is 0 Å². The van der Waals surface area contributed by atoms with E-state index in [4.69, 9.17) is 14.6 Å². The van der Waals surface area contributed by atoms with Gasteiger partial charge in [0, 0.05) is 13.2 Å². The van der Waals surface area contributed by atoms with Crippen molar-refractivity contribution in [2.45, 2.75) is 189 Å². The molecule has 4 heteroatoms. The smallest absolute Gasteiger partial charge is 0.0644 e. The molecule has 0 aromatic rings. The molecule has 282 valence electrons. The van der Waals surface area contributed by atoms with Gasteiger partial charge >= 0.3 is 0 Å². The molecule has 0 saturated heterocycles. The minimum absolute atomic E-state index is 0.140. The van der Waals surface area contributed by atoms with Gasteiger partial charge in [-0.3, -0.25) is 0 Å². The van der Waals surface area contributed by atoms with Crippen molar-refractivity contribution in [3.8, 4) is 0 Å². The lowest BCUT2D eigenvalue weighted by Gasteiger charge is -2.58. The van der Waals surface area contributed by atoms with E-state index in [9.17, 15) is 0 Å². The van der Waals surface area contributed by atoms with E-state index in [1.54, 1.807) is 5.57 Å². The molecule has 0 amide bonds. The minimum atomic E-state index is 0.140. The number of ether oxygens (including phenoxy) is 2. The first-order chi connectivity index (χ1) is 23.1. The Bertz CT molecular complexity index is 886. The van der Waals surface area contributed by atoms with Gasteiger partial charge in [-0.25, -0.2) is 0 Å². The summed E-state index contributed by atoms with van der Waals surface area (Å²) in [6.07, 6.45) is 32.2.